The second kappa shape index (κ2) is 6.33. The number of nitrogens with zero attached hydrogens (tertiary/aromatic N) is 4. The van der Waals surface area contributed by atoms with Crippen molar-refractivity contribution >= 4 is 28.6 Å². The molecule has 0 radical (unpaired) electrons. The van der Waals surface area contributed by atoms with Crippen LogP contribution in [0.3, 0.4) is 0 Å². The first kappa shape index (κ1) is 14.1. The van der Waals surface area contributed by atoms with Crippen molar-refractivity contribution < 1.29 is 0 Å². The molecule has 0 aliphatic heterocycles. The van der Waals surface area contributed by atoms with Crippen molar-refractivity contribution in [1.29, 1.82) is 0 Å². The van der Waals surface area contributed by atoms with E-state index in [2.05, 4.69) is 47.7 Å². The maximum absolute atomic E-state index is 4.55. The van der Waals surface area contributed by atoms with Crippen LogP contribution in [0.15, 0.2) is 61.2 Å². The molecular weight excluding hydrogens is 302 g/mol. The van der Waals surface area contributed by atoms with E-state index in [1.54, 1.807) is 18.7 Å². The first-order valence-electron chi connectivity index (χ1n) is 7.54. The number of aromatic amines is 1. The van der Waals surface area contributed by atoms with Gasteiger partial charge in [0.05, 0.1) is 18.2 Å². The Bertz CT molecular complexity index is 935. The molecule has 118 valence electrons. The van der Waals surface area contributed by atoms with Gasteiger partial charge in [-0.05, 0) is 17.7 Å². The Labute approximate surface area is 138 Å². The van der Waals surface area contributed by atoms with Crippen LogP contribution in [0.25, 0.3) is 11.2 Å². The maximum atomic E-state index is 4.55. The van der Waals surface area contributed by atoms with Crippen LogP contribution in [0.4, 0.5) is 17.5 Å². The highest BCUT2D eigenvalue weighted by Crippen LogP contribution is 2.21. The van der Waals surface area contributed by atoms with E-state index in [0.717, 1.165) is 11.2 Å². The third kappa shape index (κ3) is 3.00. The highest BCUT2D eigenvalue weighted by molar-refractivity contribution is 5.84. The quantitative estimate of drug-likeness (QED) is 0.524. The van der Waals surface area contributed by atoms with Crippen LogP contribution in [0.1, 0.15) is 5.56 Å². The number of hydrogen-bond donors (Lipinski definition) is 3. The van der Waals surface area contributed by atoms with Gasteiger partial charge in [-0.2, -0.15) is 9.97 Å². The zero-order valence-electron chi connectivity index (χ0n) is 12.8. The molecule has 0 amide bonds. The molecule has 0 atom stereocenters. The van der Waals surface area contributed by atoms with Gasteiger partial charge in [0.25, 0.3) is 0 Å². The van der Waals surface area contributed by atoms with Crippen molar-refractivity contribution in [2.24, 2.45) is 0 Å². The number of benzene rings is 1. The molecule has 1 aromatic carbocycles. The fourth-order valence-corrected chi connectivity index (χ4v) is 2.36. The van der Waals surface area contributed by atoms with Gasteiger partial charge in [0.2, 0.25) is 5.95 Å². The number of anilines is 3. The fraction of sp³-hybridized carbons (Fsp3) is 0.0588. The van der Waals surface area contributed by atoms with Crippen LogP contribution in [0, 0.1) is 0 Å². The number of H-pyrrole nitrogens is 1. The average Bonchev–Trinajstić information content (AvgIpc) is 3.10. The van der Waals surface area contributed by atoms with E-state index in [4.69, 9.17) is 0 Å². The van der Waals surface area contributed by atoms with Crippen LogP contribution in [-0.4, -0.2) is 24.9 Å². The average molecular weight is 317 g/mol. The maximum Gasteiger partial charge on any atom is 0.231 e. The van der Waals surface area contributed by atoms with E-state index in [9.17, 15) is 0 Å². The van der Waals surface area contributed by atoms with Gasteiger partial charge in [-0.25, -0.2) is 4.98 Å². The summed E-state index contributed by atoms with van der Waals surface area (Å²) < 4.78 is 0. The summed E-state index contributed by atoms with van der Waals surface area (Å²) in [6.07, 6.45) is 5.05. The van der Waals surface area contributed by atoms with Crippen molar-refractivity contribution in [2.75, 3.05) is 10.6 Å². The van der Waals surface area contributed by atoms with Crippen molar-refractivity contribution in [1.82, 2.24) is 24.9 Å². The molecule has 24 heavy (non-hydrogen) atoms. The van der Waals surface area contributed by atoms with Gasteiger partial charge in [0.1, 0.15) is 5.52 Å². The predicted molar refractivity (Wildman–Crippen MR) is 93.0 cm³/mol. The van der Waals surface area contributed by atoms with Crippen molar-refractivity contribution in [3.05, 3.63) is 66.7 Å². The van der Waals surface area contributed by atoms with E-state index < -0.39 is 0 Å². The molecule has 3 N–H and O–H groups in total. The minimum absolute atomic E-state index is 0.471. The first-order chi connectivity index (χ1) is 11.9. The largest absolute Gasteiger partial charge is 0.364 e. The van der Waals surface area contributed by atoms with Gasteiger partial charge < -0.3 is 15.6 Å². The second-order valence-corrected chi connectivity index (χ2v) is 5.20. The van der Waals surface area contributed by atoms with E-state index in [1.165, 1.54) is 5.56 Å². The smallest absolute Gasteiger partial charge is 0.231 e. The molecule has 4 rings (SSSR count). The summed E-state index contributed by atoms with van der Waals surface area (Å²) in [6, 6.07) is 13.9. The molecule has 0 unspecified atom stereocenters. The zero-order chi connectivity index (χ0) is 16.2. The number of nitrogens with one attached hydrogen (secondary N) is 3. The molecule has 3 heterocycles. The standard InChI is InChI=1S/C17H15N7/c1-2-5-12(6-3-1)9-19-15-14-16(21-11-20-14)24-17(23-15)22-13-7-4-8-18-10-13/h1-8,10-11H,9H2,(H3,19,20,21,22,23,24). The minimum Gasteiger partial charge on any atom is -0.364 e. The molecule has 4 aromatic rings. The Hall–Kier alpha value is -3.48. The summed E-state index contributed by atoms with van der Waals surface area (Å²) in [6.45, 7) is 0.665. The molecule has 0 aliphatic rings. The highest BCUT2D eigenvalue weighted by atomic mass is 15.2. The second-order valence-electron chi connectivity index (χ2n) is 5.20. The first-order valence-corrected chi connectivity index (χ1v) is 7.54. The Kier molecular flexibility index (Phi) is 3.73. The van der Waals surface area contributed by atoms with Gasteiger partial charge in [0, 0.05) is 12.7 Å². The lowest BCUT2D eigenvalue weighted by Crippen LogP contribution is -2.05. The van der Waals surface area contributed by atoms with Gasteiger partial charge in [-0.15, -0.1) is 0 Å². The Morgan fingerprint density at radius 3 is 2.75 bits per heavy atom. The predicted octanol–water partition coefficient (Wildman–Crippen LogP) is 3.10. The lowest BCUT2D eigenvalue weighted by molar-refractivity contribution is 1.10. The lowest BCUT2D eigenvalue weighted by atomic mass is 10.2. The third-order valence-electron chi connectivity index (χ3n) is 3.51. The fourth-order valence-electron chi connectivity index (χ4n) is 2.36. The lowest BCUT2D eigenvalue weighted by Gasteiger charge is -2.09. The summed E-state index contributed by atoms with van der Waals surface area (Å²) in [5.74, 6) is 1.17. The van der Waals surface area contributed by atoms with Crippen molar-refractivity contribution in [3.63, 3.8) is 0 Å². The van der Waals surface area contributed by atoms with Gasteiger partial charge >= 0.3 is 0 Å². The molecule has 0 saturated heterocycles. The summed E-state index contributed by atoms with van der Waals surface area (Å²) >= 11 is 0. The normalized spacial score (nSPS) is 10.7. The summed E-state index contributed by atoms with van der Waals surface area (Å²) in [5.41, 5.74) is 3.38. The number of imidazole rings is 1. The highest BCUT2D eigenvalue weighted by Gasteiger charge is 2.10. The summed E-state index contributed by atoms with van der Waals surface area (Å²) in [4.78, 5) is 20.4. The minimum atomic E-state index is 0.471. The zero-order valence-corrected chi connectivity index (χ0v) is 12.8. The summed E-state index contributed by atoms with van der Waals surface area (Å²) in [5, 5.41) is 6.48. The van der Waals surface area contributed by atoms with Crippen molar-refractivity contribution in [2.45, 2.75) is 6.54 Å². The number of hydrogen-bond acceptors (Lipinski definition) is 6. The molecule has 7 nitrogen and oxygen atoms in total. The van der Waals surface area contributed by atoms with Crippen LogP contribution >= 0.6 is 0 Å². The van der Waals surface area contributed by atoms with Crippen molar-refractivity contribution in [3.8, 4) is 0 Å². The molecule has 3 aromatic heterocycles. The number of aromatic nitrogens is 5. The number of rotatable bonds is 5. The molecular formula is C17H15N7. The number of fused-ring (bicyclic) bond motifs is 1. The molecule has 0 aliphatic carbocycles. The van der Waals surface area contributed by atoms with Gasteiger partial charge in [0.15, 0.2) is 11.5 Å². The molecule has 0 spiro atoms. The van der Waals surface area contributed by atoms with Crippen LogP contribution in [0.5, 0.6) is 0 Å². The number of pyridine rings is 1. The molecule has 0 bridgehead atoms. The molecule has 0 fully saturated rings. The molecule has 7 heteroatoms. The Morgan fingerprint density at radius 2 is 1.92 bits per heavy atom. The Balaban J connectivity index is 1.62. The van der Waals surface area contributed by atoms with Gasteiger partial charge in [-0.1, -0.05) is 30.3 Å². The Morgan fingerprint density at radius 1 is 1.00 bits per heavy atom. The topological polar surface area (TPSA) is 91.4 Å². The van der Waals surface area contributed by atoms with Crippen LogP contribution < -0.4 is 10.6 Å². The van der Waals surface area contributed by atoms with E-state index in [-0.39, 0.29) is 0 Å². The van der Waals surface area contributed by atoms with E-state index >= 15 is 0 Å². The summed E-state index contributed by atoms with van der Waals surface area (Å²) in [7, 11) is 0. The van der Waals surface area contributed by atoms with Crippen LogP contribution in [-0.2, 0) is 6.54 Å². The monoisotopic (exact) mass is 317 g/mol. The van der Waals surface area contributed by atoms with Crippen LogP contribution in [0.2, 0.25) is 0 Å². The third-order valence-corrected chi connectivity index (χ3v) is 3.51. The van der Waals surface area contributed by atoms with E-state index in [0.29, 0.717) is 24.0 Å². The van der Waals surface area contributed by atoms with Gasteiger partial charge in [-0.3, -0.25) is 4.98 Å². The SMILES string of the molecule is c1ccc(CNc2nc(Nc3cccnc3)nc3nc[nH]c23)cc1. The van der Waals surface area contributed by atoms with E-state index in [1.807, 2.05) is 30.3 Å². The molecule has 0 saturated carbocycles.